The highest BCUT2D eigenvalue weighted by molar-refractivity contribution is 4.75. The van der Waals surface area contributed by atoms with E-state index in [9.17, 15) is 5.11 Å². The van der Waals surface area contributed by atoms with Crippen LogP contribution in [0.4, 0.5) is 0 Å². The molecule has 0 aromatic heterocycles. The average Bonchev–Trinajstić information content (AvgIpc) is 2.19. The summed E-state index contributed by atoms with van der Waals surface area (Å²) in [5, 5.41) is 27.5. The lowest BCUT2D eigenvalue weighted by molar-refractivity contribution is 0.00936. The maximum atomic E-state index is 9.70. The third-order valence-corrected chi connectivity index (χ3v) is 2.92. The second kappa shape index (κ2) is 5.58. The van der Waals surface area contributed by atoms with Crippen LogP contribution in [0.2, 0.25) is 0 Å². The SMILES string of the molecule is OC[C@H](O)C[C@@H](O)C1CCCCC1. The minimum absolute atomic E-state index is 0.246. The van der Waals surface area contributed by atoms with Crippen molar-refractivity contribution in [3.05, 3.63) is 0 Å². The first-order chi connectivity index (χ1) is 6.24. The maximum Gasteiger partial charge on any atom is 0.0795 e. The molecule has 3 heteroatoms. The molecule has 0 saturated heterocycles. The van der Waals surface area contributed by atoms with Gasteiger partial charge in [0.25, 0.3) is 0 Å². The summed E-state index contributed by atoms with van der Waals surface area (Å²) < 4.78 is 0. The Morgan fingerprint density at radius 3 is 2.23 bits per heavy atom. The van der Waals surface area contributed by atoms with E-state index < -0.39 is 12.2 Å². The van der Waals surface area contributed by atoms with Crippen molar-refractivity contribution < 1.29 is 15.3 Å². The molecule has 0 spiro atoms. The van der Waals surface area contributed by atoms with Crippen LogP contribution in [-0.4, -0.2) is 34.1 Å². The van der Waals surface area contributed by atoms with Crippen LogP contribution in [0.5, 0.6) is 0 Å². The predicted molar refractivity (Wildman–Crippen MR) is 50.3 cm³/mol. The second-order valence-corrected chi connectivity index (χ2v) is 4.04. The zero-order valence-electron chi connectivity index (χ0n) is 8.02. The van der Waals surface area contributed by atoms with Crippen molar-refractivity contribution in [1.82, 2.24) is 0 Å². The quantitative estimate of drug-likeness (QED) is 0.607. The van der Waals surface area contributed by atoms with E-state index >= 15 is 0 Å². The zero-order chi connectivity index (χ0) is 9.68. The molecule has 0 aliphatic heterocycles. The van der Waals surface area contributed by atoms with E-state index in [0.717, 1.165) is 12.8 Å². The number of hydrogen-bond donors (Lipinski definition) is 3. The summed E-state index contributed by atoms with van der Waals surface area (Å²) in [7, 11) is 0. The lowest BCUT2D eigenvalue weighted by atomic mass is 9.83. The van der Waals surface area contributed by atoms with E-state index in [0.29, 0.717) is 12.3 Å². The van der Waals surface area contributed by atoms with Crippen molar-refractivity contribution in [2.75, 3.05) is 6.61 Å². The van der Waals surface area contributed by atoms with Gasteiger partial charge in [-0.05, 0) is 18.8 Å². The molecule has 3 N–H and O–H groups in total. The van der Waals surface area contributed by atoms with Crippen LogP contribution in [0.15, 0.2) is 0 Å². The van der Waals surface area contributed by atoms with Crippen molar-refractivity contribution in [3.63, 3.8) is 0 Å². The summed E-state index contributed by atoms with van der Waals surface area (Å²) >= 11 is 0. The molecule has 0 radical (unpaired) electrons. The molecule has 0 aromatic rings. The molecule has 1 rings (SSSR count). The fourth-order valence-corrected chi connectivity index (χ4v) is 2.06. The van der Waals surface area contributed by atoms with Crippen LogP contribution < -0.4 is 0 Å². The third kappa shape index (κ3) is 3.63. The van der Waals surface area contributed by atoms with Crippen molar-refractivity contribution in [2.45, 2.75) is 50.7 Å². The highest BCUT2D eigenvalue weighted by atomic mass is 16.3. The molecule has 78 valence electrons. The van der Waals surface area contributed by atoms with Gasteiger partial charge in [-0.3, -0.25) is 0 Å². The van der Waals surface area contributed by atoms with Crippen molar-refractivity contribution in [2.24, 2.45) is 5.92 Å². The summed E-state index contributed by atoms with van der Waals surface area (Å²) in [5.74, 6) is 0.343. The minimum atomic E-state index is -0.753. The second-order valence-electron chi connectivity index (χ2n) is 4.04. The van der Waals surface area contributed by atoms with E-state index in [-0.39, 0.29) is 6.61 Å². The topological polar surface area (TPSA) is 60.7 Å². The van der Waals surface area contributed by atoms with Gasteiger partial charge in [-0.25, -0.2) is 0 Å². The van der Waals surface area contributed by atoms with Crippen LogP contribution in [0.3, 0.4) is 0 Å². The Morgan fingerprint density at radius 2 is 1.69 bits per heavy atom. The predicted octanol–water partition coefficient (Wildman–Crippen LogP) is 0.671. The van der Waals surface area contributed by atoms with Crippen LogP contribution >= 0.6 is 0 Å². The summed E-state index contributed by atoms with van der Waals surface area (Å²) in [5.41, 5.74) is 0. The van der Waals surface area contributed by atoms with Gasteiger partial charge in [-0.15, -0.1) is 0 Å². The Bertz CT molecular complexity index is 132. The Balaban J connectivity index is 2.24. The average molecular weight is 188 g/mol. The van der Waals surface area contributed by atoms with Gasteiger partial charge >= 0.3 is 0 Å². The summed E-state index contributed by atoms with van der Waals surface area (Å²) in [4.78, 5) is 0. The van der Waals surface area contributed by atoms with Crippen molar-refractivity contribution in [3.8, 4) is 0 Å². The Labute approximate surface area is 79.4 Å². The molecule has 2 atom stereocenters. The van der Waals surface area contributed by atoms with E-state index in [1.54, 1.807) is 0 Å². The molecule has 1 saturated carbocycles. The van der Waals surface area contributed by atoms with Gasteiger partial charge in [0.2, 0.25) is 0 Å². The Hall–Kier alpha value is -0.120. The van der Waals surface area contributed by atoms with Crippen LogP contribution in [0.1, 0.15) is 38.5 Å². The van der Waals surface area contributed by atoms with Gasteiger partial charge in [0, 0.05) is 6.42 Å². The van der Waals surface area contributed by atoms with Crippen LogP contribution in [0, 0.1) is 5.92 Å². The monoisotopic (exact) mass is 188 g/mol. The third-order valence-electron chi connectivity index (χ3n) is 2.92. The molecular weight excluding hydrogens is 168 g/mol. The fourth-order valence-electron chi connectivity index (χ4n) is 2.06. The molecule has 0 aromatic carbocycles. The summed E-state index contributed by atoms with van der Waals surface area (Å²) in [6, 6.07) is 0. The highest BCUT2D eigenvalue weighted by Crippen LogP contribution is 2.28. The lowest BCUT2D eigenvalue weighted by Crippen LogP contribution is -2.28. The van der Waals surface area contributed by atoms with E-state index in [1.807, 2.05) is 0 Å². The number of hydrogen-bond acceptors (Lipinski definition) is 3. The molecule has 3 nitrogen and oxygen atoms in total. The molecular formula is C10H20O3. The molecule has 0 bridgehead atoms. The molecule has 1 aliphatic rings. The first kappa shape index (κ1) is 11.0. The number of rotatable bonds is 4. The van der Waals surface area contributed by atoms with E-state index in [4.69, 9.17) is 10.2 Å². The molecule has 0 heterocycles. The van der Waals surface area contributed by atoms with Crippen molar-refractivity contribution in [1.29, 1.82) is 0 Å². The first-order valence-corrected chi connectivity index (χ1v) is 5.21. The molecule has 1 aliphatic carbocycles. The summed E-state index contributed by atoms with van der Waals surface area (Å²) in [6.45, 7) is -0.246. The smallest absolute Gasteiger partial charge is 0.0795 e. The standard InChI is InChI=1S/C10H20O3/c11-7-9(12)6-10(13)8-4-2-1-3-5-8/h8-13H,1-7H2/t9-,10-/m1/s1. The fraction of sp³-hybridized carbons (Fsp3) is 1.00. The van der Waals surface area contributed by atoms with Gasteiger partial charge in [-0.2, -0.15) is 0 Å². The van der Waals surface area contributed by atoms with Gasteiger partial charge in [-0.1, -0.05) is 19.3 Å². The Morgan fingerprint density at radius 1 is 1.08 bits per heavy atom. The van der Waals surface area contributed by atoms with Gasteiger partial charge < -0.3 is 15.3 Å². The molecule has 1 fully saturated rings. The van der Waals surface area contributed by atoms with Crippen LogP contribution in [0.25, 0.3) is 0 Å². The number of aliphatic hydroxyl groups excluding tert-OH is 3. The van der Waals surface area contributed by atoms with Gasteiger partial charge in [0.1, 0.15) is 0 Å². The summed E-state index contributed by atoms with van der Waals surface area (Å²) in [6.07, 6.45) is 4.93. The maximum absolute atomic E-state index is 9.70. The molecule has 0 amide bonds. The normalized spacial score (nSPS) is 24.2. The lowest BCUT2D eigenvalue weighted by Gasteiger charge is -2.27. The van der Waals surface area contributed by atoms with Gasteiger partial charge in [0.15, 0.2) is 0 Å². The first-order valence-electron chi connectivity index (χ1n) is 5.21. The Kier molecular flexibility index (Phi) is 4.70. The van der Waals surface area contributed by atoms with E-state index in [1.165, 1.54) is 19.3 Å². The molecule has 0 unspecified atom stereocenters. The largest absolute Gasteiger partial charge is 0.394 e. The molecule has 13 heavy (non-hydrogen) atoms. The van der Waals surface area contributed by atoms with E-state index in [2.05, 4.69) is 0 Å². The van der Waals surface area contributed by atoms with Crippen LogP contribution in [-0.2, 0) is 0 Å². The number of aliphatic hydroxyl groups is 3. The zero-order valence-corrected chi connectivity index (χ0v) is 8.02. The van der Waals surface area contributed by atoms with Gasteiger partial charge in [0.05, 0.1) is 18.8 Å². The van der Waals surface area contributed by atoms with Crippen molar-refractivity contribution >= 4 is 0 Å². The highest BCUT2D eigenvalue weighted by Gasteiger charge is 2.23. The minimum Gasteiger partial charge on any atom is -0.394 e.